The molecule has 3 aromatic rings. The average Bonchev–Trinajstić information content (AvgIpc) is 2.92. The van der Waals surface area contributed by atoms with Gasteiger partial charge in [-0.3, -0.25) is 4.90 Å². The molecule has 1 N–H and O–H groups in total. The lowest BCUT2D eigenvalue weighted by molar-refractivity contribution is 0.0696. The van der Waals surface area contributed by atoms with E-state index in [1.54, 1.807) is 26.4 Å². The number of hydrogen-bond donors (Lipinski definition) is 1. The first-order valence-corrected chi connectivity index (χ1v) is 12.1. The van der Waals surface area contributed by atoms with Gasteiger partial charge in [-0.25, -0.2) is 9.78 Å². The van der Waals surface area contributed by atoms with Crippen LogP contribution in [0.15, 0.2) is 54.6 Å². The maximum Gasteiger partial charge on any atom is 0.339 e. The summed E-state index contributed by atoms with van der Waals surface area (Å²) in [4.78, 5) is 21.5. The molecule has 1 aliphatic heterocycles. The second-order valence-corrected chi connectivity index (χ2v) is 9.13. The Bertz CT molecular complexity index is 1220. The highest BCUT2D eigenvalue weighted by Gasteiger charge is 2.29. The number of ether oxygens (including phenoxy) is 2. The fourth-order valence-electron chi connectivity index (χ4n) is 5.31. The minimum atomic E-state index is -0.969. The van der Waals surface area contributed by atoms with Gasteiger partial charge in [0.1, 0.15) is 22.9 Å². The SMILES string of the molecule is COc1ccc(OC)c(-c2ccc(C(=O)O)c(N3CCN([C@@H]4CCc5ccccc5C4)CC3)n2)c1. The molecule has 0 spiro atoms. The quantitative estimate of drug-likeness (QED) is 0.577. The minimum absolute atomic E-state index is 0.218. The van der Waals surface area contributed by atoms with Gasteiger partial charge >= 0.3 is 5.97 Å². The van der Waals surface area contributed by atoms with Crippen LogP contribution in [-0.4, -0.2) is 67.4 Å². The van der Waals surface area contributed by atoms with Crippen molar-refractivity contribution in [2.45, 2.75) is 25.3 Å². The van der Waals surface area contributed by atoms with Crippen molar-refractivity contribution in [1.82, 2.24) is 9.88 Å². The first kappa shape index (κ1) is 23.2. The Morgan fingerprint density at radius 2 is 1.74 bits per heavy atom. The highest BCUT2D eigenvalue weighted by Crippen LogP contribution is 2.34. The number of rotatable bonds is 6. The molecule has 2 aliphatic rings. The molecule has 1 aliphatic carbocycles. The maximum absolute atomic E-state index is 12.0. The number of anilines is 1. The molecular weight excluding hydrogens is 442 g/mol. The highest BCUT2D eigenvalue weighted by molar-refractivity contribution is 5.94. The molecule has 0 amide bonds. The summed E-state index contributed by atoms with van der Waals surface area (Å²) in [6.45, 7) is 3.26. The Labute approximate surface area is 205 Å². The topological polar surface area (TPSA) is 75.1 Å². The number of carboxylic acids is 1. The summed E-state index contributed by atoms with van der Waals surface area (Å²) in [6, 6.07) is 18.2. The van der Waals surface area contributed by atoms with Crippen LogP contribution in [0.1, 0.15) is 27.9 Å². The van der Waals surface area contributed by atoms with Crippen molar-refractivity contribution < 1.29 is 19.4 Å². The summed E-state index contributed by atoms with van der Waals surface area (Å²) >= 11 is 0. The second kappa shape index (κ2) is 9.96. The van der Waals surface area contributed by atoms with Gasteiger partial charge in [0.15, 0.2) is 0 Å². The van der Waals surface area contributed by atoms with E-state index in [1.165, 1.54) is 17.5 Å². The third-order valence-electron chi connectivity index (χ3n) is 7.24. The number of aromatic carboxylic acids is 1. The monoisotopic (exact) mass is 473 g/mol. The first-order chi connectivity index (χ1) is 17.1. The second-order valence-electron chi connectivity index (χ2n) is 9.13. The molecule has 1 atom stereocenters. The lowest BCUT2D eigenvalue weighted by atomic mass is 9.87. The van der Waals surface area contributed by atoms with Crippen molar-refractivity contribution >= 4 is 11.8 Å². The van der Waals surface area contributed by atoms with Gasteiger partial charge in [-0.15, -0.1) is 0 Å². The zero-order valence-corrected chi connectivity index (χ0v) is 20.2. The van der Waals surface area contributed by atoms with Crippen molar-refractivity contribution in [3.63, 3.8) is 0 Å². The first-order valence-electron chi connectivity index (χ1n) is 12.1. The summed E-state index contributed by atoms with van der Waals surface area (Å²) in [5, 5.41) is 9.87. The molecule has 1 saturated heterocycles. The van der Waals surface area contributed by atoms with Crippen LogP contribution >= 0.6 is 0 Å². The largest absolute Gasteiger partial charge is 0.497 e. The minimum Gasteiger partial charge on any atom is -0.497 e. The molecule has 7 nitrogen and oxygen atoms in total. The molecular formula is C28H31N3O4. The van der Waals surface area contributed by atoms with Crippen LogP contribution in [0.3, 0.4) is 0 Å². The van der Waals surface area contributed by atoms with Gasteiger partial charge in [-0.2, -0.15) is 0 Å². The van der Waals surface area contributed by atoms with E-state index < -0.39 is 5.97 Å². The van der Waals surface area contributed by atoms with Gasteiger partial charge in [0.25, 0.3) is 0 Å². The van der Waals surface area contributed by atoms with Crippen LogP contribution in [-0.2, 0) is 12.8 Å². The van der Waals surface area contributed by atoms with Crippen LogP contribution in [0.4, 0.5) is 5.82 Å². The van der Waals surface area contributed by atoms with Gasteiger partial charge in [-0.05, 0) is 60.7 Å². The van der Waals surface area contributed by atoms with Crippen LogP contribution in [0.5, 0.6) is 11.5 Å². The molecule has 1 fully saturated rings. The summed E-state index contributed by atoms with van der Waals surface area (Å²) in [7, 11) is 3.23. The molecule has 5 rings (SSSR count). The predicted molar refractivity (Wildman–Crippen MR) is 136 cm³/mol. The molecule has 2 aromatic carbocycles. The molecule has 0 unspecified atom stereocenters. The van der Waals surface area contributed by atoms with E-state index in [4.69, 9.17) is 14.5 Å². The molecule has 0 radical (unpaired) electrons. The Hall–Kier alpha value is -3.58. The molecule has 182 valence electrons. The van der Waals surface area contributed by atoms with E-state index in [-0.39, 0.29) is 5.56 Å². The zero-order chi connectivity index (χ0) is 24.4. The molecule has 2 heterocycles. The summed E-state index contributed by atoms with van der Waals surface area (Å²) in [5.41, 5.74) is 4.58. The van der Waals surface area contributed by atoms with Crippen molar-refractivity contribution in [3.8, 4) is 22.8 Å². The summed E-state index contributed by atoms with van der Waals surface area (Å²) in [5.74, 6) is 0.889. The number of hydrogen-bond acceptors (Lipinski definition) is 6. The van der Waals surface area contributed by atoms with Crippen LogP contribution in [0, 0.1) is 0 Å². The number of benzene rings is 2. The van der Waals surface area contributed by atoms with Crippen LogP contribution in [0.2, 0.25) is 0 Å². The summed E-state index contributed by atoms with van der Waals surface area (Å²) < 4.78 is 10.9. The van der Waals surface area contributed by atoms with Gasteiger partial charge in [0, 0.05) is 37.8 Å². The van der Waals surface area contributed by atoms with Crippen molar-refractivity contribution in [2.75, 3.05) is 45.3 Å². The fraction of sp³-hybridized carbons (Fsp3) is 0.357. The van der Waals surface area contributed by atoms with Gasteiger partial charge in [0.05, 0.1) is 19.9 Å². The number of carbonyl (C=O) groups is 1. The third-order valence-corrected chi connectivity index (χ3v) is 7.24. The molecule has 1 aromatic heterocycles. The Morgan fingerprint density at radius 3 is 2.46 bits per heavy atom. The third kappa shape index (κ3) is 4.68. The number of piperazine rings is 1. The predicted octanol–water partition coefficient (Wildman–Crippen LogP) is 4.14. The van der Waals surface area contributed by atoms with E-state index in [0.29, 0.717) is 29.1 Å². The van der Waals surface area contributed by atoms with E-state index >= 15 is 0 Å². The van der Waals surface area contributed by atoms with Gasteiger partial charge in [-0.1, -0.05) is 24.3 Å². The van der Waals surface area contributed by atoms with E-state index in [0.717, 1.165) is 44.6 Å². The van der Waals surface area contributed by atoms with Gasteiger partial charge in [0.2, 0.25) is 0 Å². The Morgan fingerprint density at radius 1 is 0.971 bits per heavy atom. The number of pyridine rings is 1. The van der Waals surface area contributed by atoms with E-state index in [2.05, 4.69) is 34.1 Å². The van der Waals surface area contributed by atoms with E-state index in [1.807, 2.05) is 18.2 Å². The zero-order valence-electron chi connectivity index (χ0n) is 20.2. The number of methoxy groups -OCH3 is 2. The van der Waals surface area contributed by atoms with Crippen LogP contribution in [0.25, 0.3) is 11.3 Å². The number of aryl methyl sites for hydroxylation is 1. The lowest BCUT2D eigenvalue weighted by Crippen LogP contribution is -2.52. The molecule has 0 bridgehead atoms. The number of fused-ring (bicyclic) bond motifs is 1. The highest BCUT2D eigenvalue weighted by atomic mass is 16.5. The van der Waals surface area contributed by atoms with Crippen molar-refractivity contribution in [3.05, 3.63) is 71.3 Å². The molecule has 35 heavy (non-hydrogen) atoms. The maximum atomic E-state index is 12.0. The molecule has 7 heteroatoms. The Kier molecular flexibility index (Phi) is 6.59. The van der Waals surface area contributed by atoms with Gasteiger partial charge < -0.3 is 19.5 Å². The standard InChI is InChI=1S/C28H31N3O4/c1-34-22-9-12-26(35-2)24(18-22)25-11-10-23(28(32)33)27(29-25)31-15-13-30(14-16-31)21-8-7-19-5-3-4-6-20(19)17-21/h3-6,9-12,18,21H,7-8,13-17H2,1-2H3,(H,32,33)/t21-/m1/s1. The number of aromatic nitrogens is 1. The normalized spacial score (nSPS) is 18.1. The Balaban J connectivity index is 1.37. The molecule has 0 saturated carbocycles. The van der Waals surface area contributed by atoms with Crippen molar-refractivity contribution in [2.24, 2.45) is 0 Å². The summed E-state index contributed by atoms with van der Waals surface area (Å²) in [6.07, 6.45) is 3.37. The van der Waals surface area contributed by atoms with Crippen LogP contribution < -0.4 is 14.4 Å². The average molecular weight is 474 g/mol. The lowest BCUT2D eigenvalue weighted by Gasteiger charge is -2.41. The fourth-order valence-corrected chi connectivity index (χ4v) is 5.31. The number of nitrogens with zero attached hydrogens (tertiary/aromatic N) is 3. The van der Waals surface area contributed by atoms with E-state index in [9.17, 15) is 9.90 Å². The van der Waals surface area contributed by atoms with Crippen molar-refractivity contribution in [1.29, 1.82) is 0 Å². The number of carboxylic acid groups (broad SMARTS) is 1. The smallest absolute Gasteiger partial charge is 0.339 e.